The number of aromatic nitrogens is 2. The number of carbonyl (C=O) groups is 1. The van der Waals surface area contributed by atoms with Gasteiger partial charge in [-0.05, 0) is 38.1 Å². The van der Waals surface area contributed by atoms with Crippen molar-refractivity contribution in [2.75, 3.05) is 6.54 Å². The molecular weight excluding hydrogens is 322 g/mol. The van der Waals surface area contributed by atoms with E-state index in [-0.39, 0.29) is 17.2 Å². The first-order chi connectivity index (χ1) is 10.1. The van der Waals surface area contributed by atoms with Gasteiger partial charge in [0.1, 0.15) is 5.01 Å². The quantitative estimate of drug-likeness (QED) is 0.796. The maximum absolute atomic E-state index is 12.7. The normalized spacial score (nSPS) is 19.9. The third-order valence-electron chi connectivity index (χ3n) is 3.54. The van der Waals surface area contributed by atoms with Crippen molar-refractivity contribution in [3.63, 3.8) is 0 Å². The van der Waals surface area contributed by atoms with Gasteiger partial charge in [-0.15, -0.1) is 21.5 Å². The van der Waals surface area contributed by atoms with Crippen molar-refractivity contribution < 1.29 is 4.79 Å². The Morgan fingerprint density at radius 2 is 2.38 bits per heavy atom. The van der Waals surface area contributed by atoms with Crippen molar-refractivity contribution in [2.24, 2.45) is 0 Å². The van der Waals surface area contributed by atoms with Gasteiger partial charge in [-0.25, -0.2) is 0 Å². The summed E-state index contributed by atoms with van der Waals surface area (Å²) in [5.41, 5.74) is 0. The molecule has 0 aromatic carbocycles. The monoisotopic (exact) mass is 339 g/mol. The van der Waals surface area contributed by atoms with Crippen LogP contribution in [0.3, 0.4) is 0 Å². The highest BCUT2D eigenvalue weighted by molar-refractivity contribution is 8.02. The minimum Gasteiger partial charge on any atom is -0.334 e. The molecule has 2 aromatic rings. The molecule has 0 N–H and O–H groups in total. The minimum absolute atomic E-state index is 0.113. The molecule has 0 unspecified atom stereocenters. The summed E-state index contributed by atoms with van der Waals surface area (Å²) >= 11 is 4.80. The Kier molecular flexibility index (Phi) is 4.61. The third kappa shape index (κ3) is 3.30. The molecule has 3 rings (SSSR count). The Hall–Kier alpha value is -0.920. The van der Waals surface area contributed by atoms with Gasteiger partial charge >= 0.3 is 0 Å². The Morgan fingerprint density at radius 1 is 1.52 bits per heavy atom. The summed E-state index contributed by atoms with van der Waals surface area (Å²) in [6.45, 7) is 4.76. The average Bonchev–Trinajstić information content (AvgIpc) is 3.18. The van der Waals surface area contributed by atoms with Crippen LogP contribution in [0, 0.1) is 6.92 Å². The van der Waals surface area contributed by atoms with Crippen LogP contribution in [0.1, 0.15) is 35.7 Å². The topological polar surface area (TPSA) is 46.1 Å². The van der Waals surface area contributed by atoms with Gasteiger partial charge in [0.25, 0.3) is 0 Å². The molecule has 0 saturated carbocycles. The first-order valence-corrected chi connectivity index (χ1v) is 9.53. The lowest BCUT2D eigenvalue weighted by atomic mass is 10.2. The first kappa shape index (κ1) is 15.0. The number of thiophene rings is 1. The van der Waals surface area contributed by atoms with Gasteiger partial charge < -0.3 is 4.90 Å². The van der Waals surface area contributed by atoms with E-state index in [9.17, 15) is 4.79 Å². The molecule has 0 spiro atoms. The van der Waals surface area contributed by atoms with E-state index in [0.717, 1.165) is 28.7 Å². The van der Waals surface area contributed by atoms with E-state index >= 15 is 0 Å². The molecule has 2 atom stereocenters. The second-order valence-electron chi connectivity index (χ2n) is 5.05. The molecule has 4 nitrogen and oxygen atoms in total. The lowest BCUT2D eigenvalue weighted by Crippen LogP contribution is -2.35. The van der Waals surface area contributed by atoms with E-state index in [1.165, 1.54) is 16.6 Å². The van der Waals surface area contributed by atoms with Gasteiger partial charge in [-0.2, -0.15) is 0 Å². The van der Waals surface area contributed by atoms with E-state index < -0.39 is 0 Å². The molecule has 1 saturated heterocycles. The number of hydrogen-bond donors (Lipinski definition) is 0. The van der Waals surface area contributed by atoms with Crippen LogP contribution in [0.25, 0.3) is 0 Å². The number of nitrogens with zero attached hydrogens (tertiary/aromatic N) is 3. The SMILES string of the molecule is Cc1nnc(S[C@@H](C)C(=O)N2CCC[C@H]2c2cccs2)s1. The van der Waals surface area contributed by atoms with Crippen LogP contribution in [0.2, 0.25) is 0 Å². The van der Waals surface area contributed by atoms with Crippen molar-refractivity contribution in [1.29, 1.82) is 0 Å². The fourth-order valence-corrected chi connectivity index (χ4v) is 5.47. The predicted molar refractivity (Wildman–Crippen MR) is 88.0 cm³/mol. The predicted octanol–water partition coefficient (Wildman–Crippen LogP) is 3.75. The number of likely N-dealkylation sites (tertiary alicyclic amines) is 1. The van der Waals surface area contributed by atoms with Gasteiger partial charge in [0.2, 0.25) is 5.91 Å². The Balaban J connectivity index is 1.68. The number of hydrogen-bond acceptors (Lipinski definition) is 6. The highest BCUT2D eigenvalue weighted by Gasteiger charge is 2.33. The lowest BCUT2D eigenvalue weighted by Gasteiger charge is -2.26. The number of thioether (sulfide) groups is 1. The van der Waals surface area contributed by atoms with Gasteiger partial charge in [-0.3, -0.25) is 4.79 Å². The molecular formula is C14H17N3OS3. The summed E-state index contributed by atoms with van der Waals surface area (Å²) in [6.07, 6.45) is 2.16. The van der Waals surface area contributed by atoms with Crippen LogP contribution in [0.15, 0.2) is 21.9 Å². The molecule has 2 aromatic heterocycles. The molecule has 3 heterocycles. The van der Waals surface area contributed by atoms with Gasteiger partial charge in [-0.1, -0.05) is 29.2 Å². The van der Waals surface area contributed by atoms with Gasteiger partial charge in [0.15, 0.2) is 4.34 Å². The van der Waals surface area contributed by atoms with Crippen LogP contribution in [0.4, 0.5) is 0 Å². The van der Waals surface area contributed by atoms with Gasteiger partial charge in [0.05, 0.1) is 11.3 Å². The molecule has 1 aliphatic heterocycles. The lowest BCUT2D eigenvalue weighted by molar-refractivity contribution is -0.131. The van der Waals surface area contributed by atoms with E-state index in [1.807, 2.05) is 18.7 Å². The number of carbonyl (C=O) groups excluding carboxylic acids is 1. The number of rotatable bonds is 4. The largest absolute Gasteiger partial charge is 0.334 e. The zero-order valence-electron chi connectivity index (χ0n) is 12.0. The Bertz CT molecular complexity index is 611. The summed E-state index contributed by atoms with van der Waals surface area (Å²) in [5.74, 6) is 0.212. The number of aryl methyl sites for hydroxylation is 1. The zero-order chi connectivity index (χ0) is 14.8. The first-order valence-electron chi connectivity index (χ1n) is 6.96. The van der Waals surface area contributed by atoms with E-state index in [2.05, 4.69) is 27.7 Å². The van der Waals surface area contributed by atoms with E-state index in [0.29, 0.717) is 0 Å². The standard InChI is InChI=1S/C14H17N3OS3/c1-9(20-14-16-15-10(2)21-14)13(18)17-7-3-5-11(17)12-6-4-8-19-12/h4,6,8-9,11H,3,5,7H2,1-2H3/t9-,11-/m0/s1. The van der Waals surface area contributed by atoms with Crippen molar-refractivity contribution in [1.82, 2.24) is 15.1 Å². The third-order valence-corrected chi connectivity index (χ3v) is 6.52. The number of amides is 1. The highest BCUT2D eigenvalue weighted by Crippen LogP contribution is 2.37. The Labute approximate surface area is 136 Å². The molecule has 1 fully saturated rings. The van der Waals surface area contributed by atoms with Crippen LogP contribution in [-0.2, 0) is 4.79 Å². The molecule has 0 radical (unpaired) electrons. The summed E-state index contributed by atoms with van der Waals surface area (Å²) in [5, 5.41) is 11.0. The van der Waals surface area contributed by atoms with E-state index in [1.54, 1.807) is 22.7 Å². The molecule has 21 heavy (non-hydrogen) atoms. The summed E-state index contributed by atoms with van der Waals surface area (Å²) in [7, 11) is 0. The fraction of sp³-hybridized carbons (Fsp3) is 0.500. The average molecular weight is 340 g/mol. The van der Waals surface area contributed by atoms with Crippen molar-refractivity contribution >= 4 is 40.3 Å². The van der Waals surface area contributed by atoms with Crippen molar-refractivity contribution in [3.05, 3.63) is 27.4 Å². The molecule has 1 amide bonds. The van der Waals surface area contributed by atoms with Crippen molar-refractivity contribution in [2.45, 2.75) is 42.3 Å². The molecule has 0 aliphatic carbocycles. The van der Waals surface area contributed by atoms with Crippen LogP contribution < -0.4 is 0 Å². The maximum atomic E-state index is 12.7. The van der Waals surface area contributed by atoms with Crippen LogP contribution in [0.5, 0.6) is 0 Å². The molecule has 0 bridgehead atoms. The molecule has 1 aliphatic rings. The summed E-state index contributed by atoms with van der Waals surface area (Å²) < 4.78 is 0.875. The zero-order valence-corrected chi connectivity index (χ0v) is 14.4. The van der Waals surface area contributed by atoms with Gasteiger partial charge in [0, 0.05) is 11.4 Å². The molecule has 7 heteroatoms. The smallest absolute Gasteiger partial charge is 0.236 e. The molecule has 112 valence electrons. The second-order valence-corrected chi connectivity index (χ2v) is 8.80. The summed E-state index contributed by atoms with van der Waals surface area (Å²) in [4.78, 5) is 16.1. The summed E-state index contributed by atoms with van der Waals surface area (Å²) in [6, 6.07) is 4.45. The fourth-order valence-electron chi connectivity index (χ4n) is 2.57. The van der Waals surface area contributed by atoms with Crippen LogP contribution >= 0.6 is 34.4 Å². The maximum Gasteiger partial charge on any atom is 0.236 e. The Morgan fingerprint density at radius 3 is 3.05 bits per heavy atom. The van der Waals surface area contributed by atoms with Crippen LogP contribution in [-0.4, -0.2) is 32.8 Å². The minimum atomic E-state index is -0.113. The van der Waals surface area contributed by atoms with Crippen molar-refractivity contribution in [3.8, 4) is 0 Å². The second kappa shape index (κ2) is 6.46. The highest BCUT2D eigenvalue weighted by atomic mass is 32.2. The van der Waals surface area contributed by atoms with E-state index in [4.69, 9.17) is 0 Å².